The van der Waals surface area contributed by atoms with Gasteiger partial charge in [-0.3, -0.25) is 4.68 Å². The molecule has 1 N–H and O–H groups in total. The summed E-state index contributed by atoms with van der Waals surface area (Å²) in [6.07, 6.45) is 4.87. The van der Waals surface area contributed by atoms with Crippen molar-refractivity contribution in [1.29, 1.82) is 0 Å². The van der Waals surface area contributed by atoms with E-state index in [1.54, 1.807) is 10.9 Å². The molecule has 0 spiro atoms. The van der Waals surface area contributed by atoms with Crippen molar-refractivity contribution < 1.29 is 8.42 Å². The van der Waals surface area contributed by atoms with Gasteiger partial charge in [0.15, 0.2) is 0 Å². The molecule has 0 bridgehead atoms. The topological polar surface area (TPSA) is 64.0 Å². The number of hydrogen-bond acceptors (Lipinski definition) is 4. The van der Waals surface area contributed by atoms with E-state index in [0.717, 1.165) is 12.1 Å². The number of rotatable bonds is 6. The van der Waals surface area contributed by atoms with Gasteiger partial charge in [0.1, 0.15) is 9.84 Å². The van der Waals surface area contributed by atoms with E-state index in [1.807, 2.05) is 6.20 Å². The van der Waals surface area contributed by atoms with Gasteiger partial charge in [0, 0.05) is 30.6 Å². The molecule has 0 aliphatic rings. The van der Waals surface area contributed by atoms with Gasteiger partial charge in [-0.05, 0) is 0 Å². The van der Waals surface area contributed by atoms with Gasteiger partial charge in [-0.2, -0.15) is 5.10 Å². The Kier molecular flexibility index (Phi) is 4.49. The van der Waals surface area contributed by atoms with Gasteiger partial charge < -0.3 is 5.32 Å². The largest absolute Gasteiger partial charge is 0.310 e. The number of hydrogen-bond donors (Lipinski definition) is 1. The van der Waals surface area contributed by atoms with Gasteiger partial charge in [-0.25, -0.2) is 8.42 Å². The van der Waals surface area contributed by atoms with E-state index in [9.17, 15) is 8.42 Å². The first kappa shape index (κ1) is 13.2. The van der Waals surface area contributed by atoms with E-state index in [4.69, 9.17) is 0 Å². The number of aromatic nitrogens is 2. The predicted molar refractivity (Wildman–Crippen MR) is 63.9 cm³/mol. The number of sulfone groups is 1. The molecule has 16 heavy (non-hydrogen) atoms. The van der Waals surface area contributed by atoms with Crippen LogP contribution in [0.1, 0.15) is 19.4 Å². The average Bonchev–Trinajstić information content (AvgIpc) is 2.58. The summed E-state index contributed by atoms with van der Waals surface area (Å²) in [5.41, 5.74) is 1.07. The van der Waals surface area contributed by atoms with Crippen LogP contribution in [0.15, 0.2) is 12.4 Å². The van der Waals surface area contributed by atoms with E-state index in [-0.39, 0.29) is 5.75 Å². The summed E-state index contributed by atoms with van der Waals surface area (Å²) < 4.78 is 23.6. The first-order chi connectivity index (χ1) is 7.37. The molecule has 0 amide bonds. The highest BCUT2D eigenvalue weighted by molar-refractivity contribution is 7.90. The molecule has 1 heterocycles. The molecule has 0 radical (unpaired) electrons. The van der Waals surface area contributed by atoms with Crippen LogP contribution in [0.4, 0.5) is 0 Å². The van der Waals surface area contributed by atoms with Crippen molar-refractivity contribution in [2.24, 2.45) is 0 Å². The van der Waals surface area contributed by atoms with Gasteiger partial charge in [0.05, 0.1) is 18.5 Å². The maximum Gasteiger partial charge on any atom is 0.149 e. The summed E-state index contributed by atoms with van der Waals surface area (Å²) in [6, 6.07) is 0.430. The lowest BCUT2D eigenvalue weighted by atomic mass is 10.3. The van der Waals surface area contributed by atoms with Crippen LogP contribution in [-0.2, 0) is 22.9 Å². The quantitative estimate of drug-likeness (QED) is 0.789. The van der Waals surface area contributed by atoms with Crippen LogP contribution in [0.2, 0.25) is 0 Å². The minimum atomic E-state index is -2.92. The maximum atomic E-state index is 11.0. The van der Waals surface area contributed by atoms with Crippen molar-refractivity contribution in [3.8, 4) is 0 Å². The molecule has 0 unspecified atom stereocenters. The Morgan fingerprint density at radius 3 is 2.75 bits per heavy atom. The molecule has 0 aromatic carbocycles. The lowest BCUT2D eigenvalue weighted by Gasteiger charge is -2.05. The van der Waals surface area contributed by atoms with Crippen LogP contribution >= 0.6 is 0 Å². The first-order valence-corrected chi connectivity index (χ1v) is 7.35. The standard InChI is InChI=1S/C10H19N3O2S/c1-9(2)11-6-10-7-12-13(8-10)4-5-16(3,14)15/h7-9,11H,4-6H2,1-3H3. The molecule has 92 valence electrons. The summed E-state index contributed by atoms with van der Waals surface area (Å²) in [6.45, 7) is 5.33. The van der Waals surface area contributed by atoms with Crippen molar-refractivity contribution >= 4 is 9.84 Å². The molecule has 0 saturated carbocycles. The van der Waals surface area contributed by atoms with E-state index in [1.165, 1.54) is 6.26 Å². The number of aryl methyl sites for hydroxylation is 1. The van der Waals surface area contributed by atoms with E-state index < -0.39 is 9.84 Å². The summed E-state index contributed by atoms with van der Waals surface area (Å²) in [4.78, 5) is 0. The third-order valence-electron chi connectivity index (χ3n) is 2.09. The molecule has 1 rings (SSSR count). The minimum absolute atomic E-state index is 0.131. The zero-order valence-corrected chi connectivity index (χ0v) is 10.8. The van der Waals surface area contributed by atoms with E-state index in [0.29, 0.717) is 12.6 Å². The van der Waals surface area contributed by atoms with Crippen LogP contribution in [0.3, 0.4) is 0 Å². The highest BCUT2D eigenvalue weighted by Gasteiger charge is 2.04. The summed E-state index contributed by atoms with van der Waals surface area (Å²) >= 11 is 0. The van der Waals surface area contributed by atoms with E-state index in [2.05, 4.69) is 24.3 Å². The fourth-order valence-electron chi connectivity index (χ4n) is 1.20. The summed E-state index contributed by atoms with van der Waals surface area (Å²) in [5.74, 6) is 0.131. The second-order valence-electron chi connectivity index (χ2n) is 4.28. The molecule has 0 saturated heterocycles. The van der Waals surface area contributed by atoms with E-state index >= 15 is 0 Å². The Labute approximate surface area is 96.8 Å². The monoisotopic (exact) mass is 245 g/mol. The van der Waals surface area contributed by atoms with Gasteiger partial charge in [-0.1, -0.05) is 13.8 Å². The lowest BCUT2D eigenvalue weighted by Crippen LogP contribution is -2.21. The van der Waals surface area contributed by atoms with Crippen LogP contribution in [0, 0.1) is 0 Å². The third-order valence-corrected chi connectivity index (χ3v) is 3.02. The number of nitrogens with zero attached hydrogens (tertiary/aromatic N) is 2. The Morgan fingerprint density at radius 2 is 2.19 bits per heavy atom. The minimum Gasteiger partial charge on any atom is -0.310 e. The molecule has 6 heteroatoms. The Hall–Kier alpha value is -0.880. The number of nitrogens with one attached hydrogen (secondary N) is 1. The van der Waals surface area contributed by atoms with Crippen LogP contribution in [-0.4, -0.2) is 36.2 Å². The zero-order valence-electron chi connectivity index (χ0n) is 9.97. The highest BCUT2D eigenvalue weighted by atomic mass is 32.2. The Balaban J connectivity index is 2.45. The first-order valence-electron chi connectivity index (χ1n) is 5.29. The van der Waals surface area contributed by atoms with Gasteiger partial charge in [0.2, 0.25) is 0 Å². The molecule has 5 nitrogen and oxygen atoms in total. The highest BCUT2D eigenvalue weighted by Crippen LogP contribution is 1.98. The smallest absolute Gasteiger partial charge is 0.149 e. The molecule has 0 atom stereocenters. The Morgan fingerprint density at radius 1 is 1.50 bits per heavy atom. The molecule has 1 aromatic heterocycles. The Bertz CT molecular complexity index is 423. The van der Waals surface area contributed by atoms with Gasteiger partial charge in [0.25, 0.3) is 0 Å². The molecule has 0 aliphatic carbocycles. The molecule has 0 aliphatic heterocycles. The SMILES string of the molecule is CC(C)NCc1cnn(CCS(C)(=O)=O)c1. The average molecular weight is 245 g/mol. The fraction of sp³-hybridized carbons (Fsp3) is 0.700. The van der Waals surface area contributed by atoms with Crippen molar-refractivity contribution in [3.63, 3.8) is 0 Å². The van der Waals surface area contributed by atoms with Crippen molar-refractivity contribution in [2.45, 2.75) is 33.0 Å². The van der Waals surface area contributed by atoms with Crippen molar-refractivity contribution in [2.75, 3.05) is 12.0 Å². The second-order valence-corrected chi connectivity index (χ2v) is 6.54. The molecule has 0 fully saturated rings. The van der Waals surface area contributed by atoms with Crippen LogP contribution < -0.4 is 5.32 Å². The molecular formula is C10H19N3O2S. The fourth-order valence-corrected chi connectivity index (χ4v) is 1.72. The summed E-state index contributed by atoms with van der Waals surface area (Å²) in [5, 5.41) is 7.39. The third kappa shape index (κ3) is 5.27. The zero-order chi connectivity index (χ0) is 12.2. The molecule has 1 aromatic rings. The van der Waals surface area contributed by atoms with Crippen LogP contribution in [0.25, 0.3) is 0 Å². The molecular weight excluding hydrogens is 226 g/mol. The lowest BCUT2D eigenvalue weighted by molar-refractivity contribution is 0.583. The van der Waals surface area contributed by atoms with Gasteiger partial charge >= 0.3 is 0 Å². The maximum absolute atomic E-state index is 11.0. The predicted octanol–water partition coefficient (Wildman–Crippen LogP) is 0.426. The normalized spacial score (nSPS) is 12.2. The van der Waals surface area contributed by atoms with Crippen molar-refractivity contribution in [3.05, 3.63) is 18.0 Å². The van der Waals surface area contributed by atoms with Gasteiger partial charge in [-0.15, -0.1) is 0 Å². The van der Waals surface area contributed by atoms with Crippen LogP contribution in [0.5, 0.6) is 0 Å². The van der Waals surface area contributed by atoms with Crippen molar-refractivity contribution in [1.82, 2.24) is 15.1 Å². The second kappa shape index (κ2) is 5.45. The summed E-state index contributed by atoms with van der Waals surface area (Å²) in [7, 11) is -2.92.